The molecule has 3 nitrogen and oxygen atoms in total. The highest BCUT2D eigenvalue weighted by atomic mass is 35.5. The van der Waals surface area contributed by atoms with E-state index in [2.05, 4.69) is 0 Å². The molecule has 2 atom stereocenters. The van der Waals surface area contributed by atoms with E-state index in [4.69, 9.17) is 16.7 Å². The van der Waals surface area contributed by atoms with E-state index in [1.165, 1.54) is 0 Å². The van der Waals surface area contributed by atoms with Gasteiger partial charge in [-0.05, 0) is 12.8 Å². The number of carboxylic acid groups (broad SMARTS) is 1. The van der Waals surface area contributed by atoms with Crippen LogP contribution in [0.25, 0.3) is 0 Å². The summed E-state index contributed by atoms with van der Waals surface area (Å²) in [4.78, 5) is 10.3. The number of aliphatic carboxylic acids is 1. The van der Waals surface area contributed by atoms with Crippen molar-refractivity contribution in [3.05, 3.63) is 11.1 Å². The average molecular weight is 191 g/mol. The van der Waals surface area contributed by atoms with Crippen molar-refractivity contribution in [3.8, 4) is 0 Å². The van der Waals surface area contributed by atoms with Crippen LogP contribution >= 0.6 is 11.6 Å². The molecular weight excluding hydrogens is 180 g/mol. The van der Waals surface area contributed by atoms with Crippen LogP contribution in [0, 0.1) is 5.92 Å². The van der Waals surface area contributed by atoms with Crippen molar-refractivity contribution in [3.63, 3.8) is 0 Å². The van der Waals surface area contributed by atoms with E-state index in [9.17, 15) is 9.90 Å². The maximum atomic E-state index is 10.3. The topological polar surface area (TPSA) is 57.5 Å². The van der Waals surface area contributed by atoms with Gasteiger partial charge < -0.3 is 10.2 Å². The third-order valence-corrected chi connectivity index (χ3v) is 2.42. The van der Waals surface area contributed by atoms with E-state index in [0.717, 1.165) is 6.42 Å². The zero-order chi connectivity index (χ0) is 9.14. The first-order chi connectivity index (χ1) is 5.61. The van der Waals surface area contributed by atoms with Crippen LogP contribution in [0.15, 0.2) is 11.1 Å². The lowest BCUT2D eigenvalue weighted by Gasteiger charge is -2.24. The van der Waals surface area contributed by atoms with Gasteiger partial charge in [-0.25, -0.2) is 0 Å². The van der Waals surface area contributed by atoms with Crippen molar-refractivity contribution in [1.82, 2.24) is 0 Å². The fourth-order valence-corrected chi connectivity index (χ4v) is 1.66. The molecule has 12 heavy (non-hydrogen) atoms. The number of allylic oxidation sites excluding steroid dienone is 1. The van der Waals surface area contributed by atoms with Gasteiger partial charge in [0, 0.05) is 11.0 Å². The molecule has 0 aromatic rings. The van der Waals surface area contributed by atoms with Crippen LogP contribution in [0.1, 0.15) is 19.3 Å². The summed E-state index contributed by atoms with van der Waals surface area (Å²) in [6.45, 7) is 0. The Hall–Kier alpha value is -0.540. The minimum Gasteiger partial charge on any atom is -0.481 e. The minimum atomic E-state index is -0.884. The Bertz CT molecular complexity index is 212. The zero-order valence-electron chi connectivity index (χ0n) is 6.53. The fraction of sp³-hybridized carbons (Fsp3) is 0.625. The molecule has 0 amide bonds. The van der Waals surface area contributed by atoms with Crippen LogP contribution in [0.2, 0.25) is 0 Å². The summed E-state index contributed by atoms with van der Waals surface area (Å²) in [6.07, 6.45) is 2.41. The normalized spacial score (nSPS) is 29.7. The Kier molecular flexibility index (Phi) is 3.12. The Morgan fingerprint density at radius 2 is 2.42 bits per heavy atom. The molecule has 1 aliphatic rings. The summed E-state index contributed by atoms with van der Waals surface area (Å²) >= 11 is 5.66. The second-order valence-corrected chi connectivity index (χ2v) is 3.41. The van der Waals surface area contributed by atoms with E-state index in [-0.39, 0.29) is 12.3 Å². The van der Waals surface area contributed by atoms with Crippen molar-refractivity contribution in [2.45, 2.75) is 25.4 Å². The van der Waals surface area contributed by atoms with Crippen LogP contribution in [0.5, 0.6) is 0 Å². The molecule has 0 saturated carbocycles. The molecule has 0 fully saturated rings. The summed E-state index contributed by atoms with van der Waals surface area (Å²) < 4.78 is 0. The molecule has 0 aromatic heterocycles. The zero-order valence-corrected chi connectivity index (χ0v) is 7.29. The van der Waals surface area contributed by atoms with Crippen LogP contribution in [-0.4, -0.2) is 22.3 Å². The van der Waals surface area contributed by atoms with E-state index in [1.807, 2.05) is 0 Å². The lowest BCUT2D eigenvalue weighted by molar-refractivity contribution is -0.139. The van der Waals surface area contributed by atoms with Crippen molar-refractivity contribution in [1.29, 1.82) is 0 Å². The summed E-state index contributed by atoms with van der Waals surface area (Å²) in [5.74, 6) is -1.11. The van der Waals surface area contributed by atoms with E-state index >= 15 is 0 Å². The smallest absolute Gasteiger partial charge is 0.303 e. The van der Waals surface area contributed by atoms with E-state index < -0.39 is 12.1 Å². The number of rotatable bonds is 2. The van der Waals surface area contributed by atoms with Crippen molar-refractivity contribution < 1.29 is 15.0 Å². The van der Waals surface area contributed by atoms with Crippen LogP contribution in [-0.2, 0) is 4.79 Å². The lowest BCUT2D eigenvalue weighted by Crippen LogP contribution is -2.26. The monoisotopic (exact) mass is 190 g/mol. The molecule has 0 saturated heterocycles. The molecule has 0 aromatic carbocycles. The highest BCUT2D eigenvalue weighted by Gasteiger charge is 2.26. The Balaban J connectivity index is 2.56. The molecular formula is C8H11ClO3. The first kappa shape index (κ1) is 9.55. The fourth-order valence-electron chi connectivity index (χ4n) is 1.38. The first-order valence-corrected chi connectivity index (χ1v) is 4.24. The molecule has 4 heteroatoms. The van der Waals surface area contributed by atoms with Crippen molar-refractivity contribution in [2.24, 2.45) is 5.92 Å². The number of aliphatic hydroxyl groups is 1. The summed E-state index contributed by atoms with van der Waals surface area (Å²) in [6, 6.07) is 0. The molecule has 0 heterocycles. The highest BCUT2D eigenvalue weighted by molar-refractivity contribution is 6.30. The molecule has 0 aliphatic heterocycles. The number of hydrogen-bond donors (Lipinski definition) is 2. The Morgan fingerprint density at radius 3 is 3.00 bits per heavy atom. The number of halogens is 1. The molecule has 1 rings (SSSR count). The van der Waals surface area contributed by atoms with Gasteiger partial charge in [-0.1, -0.05) is 17.7 Å². The van der Waals surface area contributed by atoms with Gasteiger partial charge in [-0.15, -0.1) is 0 Å². The lowest BCUT2D eigenvalue weighted by atomic mass is 9.89. The second-order valence-electron chi connectivity index (χ2n) is 2.97. The second kappa shape index (κ2) is 3.92. The quantitative estimate of drug-likeness (QED) is 0.691. The SMILES string of the molecule is O=C(O)CC1CCC=C(Cl)C1O. The van der Waals surface area contributed by atoms with Gasteiger partial charge in [0.25, 0.3) is 0 Å². The Morgan fingerprint density at radius 1 is 1.75 bits per heavy atom. The maximum Gasteiger partial charge on any atom is 0.303 e. The predicted octanol–water partition coefficient (Wildman–Crippen LogP) is 1.35. The molecule has 68 valence electrons. The first-order valence-electron chi connectivity index (χ1n) is 3.86. The van der Waals surface area contributed by atoms with Crippen LogP contribution in [0.3, 0.4) is 0 Å². The summed E-state index contributed by atoms with van der Waals surface area (Å²) in [5.41, 5.74) is 0. The molecule has 2 N–H and O–H groups in total. The van der Waals surface area contributed by atoms with Gasteiger partial charge >= 0.3 is 5.97 Å². The predicted molar refractivity (Wildman–Crippen MR) is 44.9 cm³/mol. The number of aliphatic hydroxyl groups excluding tert-OH is 1. The van der Waals surface area contributed by atoms with E-state index in [1.54, 1.807) is 6.08 Å². The maximum absolute atomic E-state index is 10.3. The average Bonchev–Trinajstić information content (AvgIpc) is 1.98. The third-order valence-electron chi connectivity index (χ3n) is 2.04. The standard InChI is InChI=1S/C8H11ClO3/c9-6-3-1-2-5(8(6)12)4-7(10)11/h3,5,8,12H,1-2,4H2,(H,10,11). The number of hydrogen-bond acceptors (Lipinski definition) is 2. The Labute approximate surface area is 75.7 Å². The van der Waals surface area contributed by atoms with Crippen molar-refractivity contribution >= 4 is 17.6 Å². The van der Waals surface area contributed by atoms with Gasteiger partial charge in [-0.3, -0.25) is 4.79 Å². The number of carbonyl (C=O) groups is 1. The molecule has 0 bridgehead atoms. The molecule has 0 radical (unpaired) electrons. The van der Waals surface area contributed by atoms with Gasteiger partial charge in [-0.2, -0.15) is 0 Å². The van der Waals surface area contributed by atoms with Gasteiger partial charge in [0.2, 0.25) is 0 Å². The molecule has 0 spiro atoms. The van der Waals surface area contributed by atoms with Crippen molar-refractivity contribution in [2.75, 3.05) is 0 Å². The minimum absolute atomic E-state index is 0.00870. The highest BCUT2D eigenvalue weighted by Crippen LogP contribution is 2.29. The summed E-state index contributed by atoms with van der Waals surface area (Å²) in [5, 5.41) is 18.3. The molecule has 2 unspecified atom stereocenters. The van der Waals surface area contributed by atoms with Gasteiger partial charge in [0.1, 0.15) is 0 Å². The van der Waals surface area contributed by atoms with Crippen LogP contribution < -0.4 is 0 Å². The third kappa shape index (κ3) is 2.22. The van der Waals surface area contributed by atoms with E-state index in [0.29, 0.717) is 11.5 Å². The summed E-state index contributed by atoms with van der Waals surface area (Å²) in [7, 11) is 0. The number of carboxylic acids is 1. The molecule has 1 aliphatic carbocycles. The van der Waals surface area contributed by atoms with Gasteiger partial charge in [0.05, 0.1) is 12.5 Å². The largest absolute Gasteiger partial charge is 0.481 e. The van der Waals surface area contributed by atoms with Crippen LogP contribution in [0.4, 0.5) is 0 Å². The van der Waals surface area contributed by atoms with Gasteiger partial charge in [0.15, 0.2) is 0 Å².